The smallest absolute Gasteiger partial charge is 0.376 e. The Hall–Kier alpha value is -1.58. The first-order valence-electron chi connectivity index (χ1n) is 9.05. The molecule has 0 spiro atoms. The van der Waals surface area contributed by atoms with E-state index in [0.717, 1.165) is 13.3 Å². The van der Waals surface area contributed by atoms with Gasteiger partial charge in [0.1, 0.15) is 5.84 Å². The molecule has 28 heavy (non-hydrogen) atoms. The predicted octanol–water partition coefficient (Wildman–Crippen LogP) is 4.41. The number of halogens is 6. The summed E-state index contributed by atoms with van der Waals surface area (Å²) in [5.41, 5.74) is -6.81. The lowest BCUT2D eigenvalue weighted by molar-refractivity contribution is -0.283. The highest BCUT2D eigenvalue weighted by atomic mass is 19.4. The van der Waals surface area contributed by atoms with E-state index >= 15 is 0 Å². The Morgan fingerprint density at radius 2 is 1.75 bits per heavy atom. The summed E-state index contributed by atoms with van der Waals surface area (Å²) < 4.78 is 88.8. The topological polar surface area (TPSA) is 41.9 Å². The molecule has 3 aliphatic rings. The number of hydrogen-bond acceptors (Lipinski definition) is 4. The number of rotatable bonds is 2. The van der Waals surface area contributed by atoms with Crippen molar-refractivity contribution in [1.82, 2.24) is 4.90 Å². The number of amidine groups is 1. The van der Waals surface area contributed by atoms with E-state index in [1.165, 1.54) is 4.90 Å². The molecule has 0 radical (unpaired) electrons. The molecule has 0 aromatic heterocycles. The maximum absolute atomic E-state index is 13.9. The highest BCUT2D eigenvalue weighted by molar-refractivity contribution is 6.03. The molecule has 0 N–H and O–H groups in total. The number of hydrogen-bond donors (Lipinski definition) is 0. The molecule has 2 heterocycles. The quantitative estimate of drug-likeness (QED) is 0.631. The van der Waals surface area contributed by atoms with Gasteiger partial charge in [0.05, 0.1) is 18.2 Å². The summed E-state index contributed by atoms with van der Waals surface area (Å²) in [7, 11) is 0. The van der Waals surface area contributed by atoms with Gasteiger partial charge < -0.3 is 9.64 Å². The molecule has 0 aromatic rings. The zero-order chi connectivity index (χ0) is 21.1. The van der Waals surface area contributed by atoms with Gasteiger partial charge in [-0.3, -0.25) is 4.79 Å². The van der Waals surface area contributed by atoms with E-state index in [1.54, 1.807) is 13.8 Å². The van der Waals surface area contributed by atoms with Gasteiger partial charge in [-0.15, -0.1) is 0 Å². The average molecular weight is 412 g/mol. The number of ether oxygens (including phenoxy) is 1. The molecular weight excluding hydrogens is 390 g/mol. The van der Waals surface area contributed by atoms with Crippen LogP contribution in [0.4, 0.5) is 26.3 Å². The Labute approximate surface area is 158 Å². The molecule has 0 aromatic carbocycles. The zero-order valence-corrected chi connectivity index (χ0v) is 15.8. The first-order chi connectivity index (χ1) is 12.7. The summed E-state index contributed by atoms with van der Waals surface area (Å²) in [5, 5.41) is 0. The van der Waals surface area contributed by atoms with Crippen LogP contribution in [-0.2, 0) is 9.53 Å². The second-order valence-electron chi connectivity index (χ2n) is 8.37. The van der Waals surface area contributed by atoms with Crippen molar-refractivity contribution in [1.29, 1.82) is 0 Å². The van der Waals surface area contributed by atoms with E-state index in [0.29, 0.717) is 13.0 Å². The summed E-state index contributed by atoms with van der Waals surface area (Å²) in [6.07, 6.45) is -11.0. The fourth-order valence-corrected chi connectivity index (χ4v) is 4.29. The summed E-state index contributed by atoms with van der Waals surface area (Å²) in [6, 6.07) is 0. The molecule has 2 aliphatic heterocycles. The van der Waals surface area contributed by atoms with Gasteiger partial charge in [-0.05, 0) is 31.6 Å². The first-order valence-corrected chi connectivity index (χ1v) is 9.05. The lowest BCUT2D eigenvalue weighted by Gasteiger charge is -2.48. The number of Topliss-reactive ketones (excluding diaryl/α,β-unsaturated/α-hetero) is 1. The molecule has 1 saturated heterocycles. The van der Waals surface area contributed by atoms with E-state index in [2.05, 4.69) is 4.99 Å². The number of aliphatic imine (C=N–C) groups is 1. The van der Waals surface area contributed by atoms with Crippen LogP contribution in [0.25, 0.3) is 0 Å². The monoisotopic (exact) mass is 412 g/mol. The van der Waals surface area contributed by atoms with E-state index < -0.39 is 46.9 Å². The maximum atomic E-state index is 13.9. The lowest BCUT2D eigenvalue weighted by atomic mass is 9.69. The zero-order valence-electron chi connectivity index (χ0n) is 15.8. The van der Waals surface area contributed by atoms with Gasteiger partial charge in [0, 0.05) is 18.7 Å². The first kappa shape index (κ1) is 21.1. The summed E-state index contributed by atoms with van der Waals surface area (Å²) in [5.74, 6) is -1.57. The van der Waals surface area contributed by atoms with Crippen molar-refractivity contribution < 1.29 is 35.9 Å². The predicted molar refractivity (Wildman–Crippen MR) is 88.7 cm³/mol. The molecular formula is C18H22F6N2O2. The molecule has 1 unspecified atom stereocenters. The molecule has 0 bridgehead atoms. The number of nitrogens with zero attached hydrogens (tertiary/aromatic N) is 2. The largest absolute Gasteiger partial charge is 0.427 e. The van der Waals surface area contributed by atoms with Gasteiger partial charge in [0.25, 0.3) is 5.54 Å². The number of carbonyl (C=O) groups excluding carboxylic acids is 1. The van der Waals surface area contributed by atoms with Crippen LogP contribution in [0.3, 0.4) is 0 Å². The van der Waals surface area contributed by atoms with Crippen LogP contribution in [0.5, 0.6) is 0 Å². The van der Waals surface area contributed by atoms with Crippen molar-refractivity contribution in [2.24, 2.45) is 10.4 Å². The fourth-order valence-electron chi connectivity index (χ4n) is 4.29. The van der Waals surface area contributed by atoms with Crippen LogP contribution < -0.4 is 0 Å². The minimum Gasteiger partial charge on any atom is -0.376 e. The highest BCUT2D eigenvalue weighted by Gasteiger charge is 2.76. The second-order valence-corrected chi connectivity index (χ2v) is 8.37. The average Bonchev–Trinajstić information content (AvgIpc) is 2.99. The Morgan fingerprint density at radius 3 is 2.25 bits per heavy atom. The number of carbonyl (C=O) groups is 1. The van der Waals surface area contributed by atoms with Crippen LogP contribution in [0.15, 0.2) is 16.3 Å². The molecule has 158 valence electrons. The van der Waals surface area contributed by atoms with Crippen LogP contribution in [0, 0.1) is 5.41 Å². The highest BCUT2D eigenvalue weighted by Crippen LogP contribution is 2.56. The van der Waals surface area contributed by atoms with Crippen molar-refractivity contribution in [3.63, 3.8) is 0 Å². The molecule has 0 saturated carbocycles. The minimum atomic E-state index is -5.79. The SMILES string of the molecule is CC1=NC(C(F)(F)F)(C(F)(F)F)C2=C(CC(C)(C)CC2=O)N1CC1CCCO1. The molecule has 0 amide bonds. The molecule has 4 nitrogen and oxygen atoms in total. The van der Waals surface area contributed by atoms with E-state index in [4.69, 9.17) is 4.74 Å². The summed E-state index contributed by atoms with van der Waals surface area (Å²) in [4.78, 5) is 17.1. The van der Waals surface area contributed by atoms with E-state index in [1.807, 2.05) is 0 Å². The minimum absolute atomic E-state index is 0.0727. The van der Waals surface area contributed by atoms with Crippen LogP contribution in [0.2, 0.25) is 0 Å². The summed E-state index contributed by atoms with van der Waals surface area (Å²) >= 11 is 0. The van der Waals surface area contributed by atoms with Gasteiger partial charge in [-0.25, -0.2) is 4.99 Å². The molecule has 1 atom stereocenters. The van der Waals surface area contributed by atoms with Crippen LogP contribution >= 0.6 is 0 Å². The number of ketones is 1. The molecule has 3 rings (SSSR count). The Balaban J connectivity index is 2.23. The van der Waals surface area contributed by atoms with Crippen LogP contribution in [-0.4, -0.2) is 53.7 Å². The van der Waals surface area contributed by atoms with Crippen molar-refractivity contribution >= 4 is 11.6 Å². The Morgan fingerprint density at radius 1 is 1.14 bits per heavy atom. The van der Waals surface area contributed by atoms with Gasteiger partial charge in [0.2, 0.25) is 0 Å². The van der Waals surface area contributed by atoms with Crippen LogP contribution in [0.1, 0.15) is 46.5 Å². The summed E-state index contributed by atoms with van der Waals surface area (Å²) in [6.45, 7) is 4.99. The Bertz CT molecular complexity index is 715. The van der Waals surface area contributed by atoms with Crippen molar-refractivity contribution in [2.75, 3.05) is 13.2 Å². The molecule has 10 heteroatoms. The third kappa shape index (κ3) is 3.23. The molecule has 1 fully saturated rings. The third-order valence-electron chi connectivity index (χ3n) is 5.49. The number of allylic oxidation sites excluding steroid dienone is 1. The van der Waals surface area contributed by atoms with Gasteiger partial charge in [0.15, 0.2) is 5.78 Å². The number of alkyl halides is 6. The Kier molecular flexibility index (Phi) is 4.88. The lowest BCUT2D eigenvalue weighted by Crippen LogP contribution is -2.63. The molecule has 1 aliphatic carbocycles. The normalized spacial score (nSPS) is 27.8. The maximum Gasteiger partial charge on any atom is 0.427 e. The third-order valence-corrected chi connectivity index (χ3v) is 5.49. The van der Waals surface area contributed by atoms with E-state index in [9.17, 15) is 31.1 Å². The van der Waals surface area contributed by atoms with Gasteiger partial charge in [-0.2, -0.15) is 26.3 Å². The van der Waals surface area contributed by atoms with Crippen molar-refractivity contribution in [2.45, 2.75) is 70.4 Å². The van der Waals surface area contributed by atoms with E-state index in [-0.39, 0.29) is 24.8 Å². The van der Waals surface area contributed by atoms with Gasteiger partial charge in [-0.1, -0.05) is 13.8 Å². The van der Waals surface area contributed by atoms with Crippen molar-refractivity contribution in [3.05, 3.63) is 11.3 Å². The fraction of sp³-hybridized carbons (Fsp3) is 0.778. The standard InChI is InChI=1S/C18H22F6N2O2/c1-10-25-16(17(19,20)21,18(22,23)24)14-12(7-15(2,3)8-13(14)27)26(10)9-11-5-4-6-28-11/h11H,4-9H2,1-3H3. The van der Waals surface area contributed by atoms with Gasteiger partial charge >= 0.3 is 12.4 Å². The second kappa shape index (κ2) is 6.47. The van der Waals surface area contributed by atoms with Crippen molar-refractivity contribution in [3.8, 4) is 0 Å².